The lowest BCUT2D eigenvalue weighted by atomic mass is 9.93. The lowest BCUT2D eigenvalue weighted by Crippen LogP contribution is -2.44. The molecule has 12 heteroatoms. The Balaban J connectivity index is 1.70. The van der Waals surface area contributed by atoms with Crippen LogP contribution in [0.15, 0.2) is 23.1 Å². The van der Waals surface area contributed by atoms with Gasteiger partial charge < -0.3 is 31.3 Å². The van der Waals surface area contributed by atoms with Gasteiger partial charge in [-0.05, 0) is 57.4 Å². The molecule has 1 amide bonds. The van der Waals surface area contributed by atoms with E-state index in [1.54, 1.807) is 6.07 Å². The molecule has 0 atom stereocenters. The third-order valence-corrected chi connectivity index (χ3v) is 8.12. The molecule has 0 spiro atoms. The number of sulfone groups is 1. The lowest BCUT2D eigenvalue weighted by Gasteiger charge is -2.34. The van der Waals surface area contributed by atoms with Gasteiger partial charge in [0.15, 0.2) is 21.3 Å². The third-order valence-electron chi connectivity index (χ3n) is 7.02. The molecule has 0 radical (unpaired) electrons. The van der Waals surface area contributed by atoms with Crippen molar-refractivity contribution in [3.8, 4) is 0 Å². The van der Waals surface area contributed by atoms with Gasteiger partial charge >= 0.3 is 0 Å². The number of hydrogen-bond donors (Lipinski definition) is 4. The third kappa shape index (κ3) is 6.68. The second kappa shape index (κ2) is 11.2. The number of amides is 1. The maximum absolute atomic E-state index is 12.5. The molecule has 1 saturated carbocycles. The number of carbonyl (C=O) groups is 1. The Morgan fingerprint density at radius 1 is 1.08 bits per heavy atom. The highest BCUT2D eigenvalue weighted by Crippen LogP contribution is 2.30. The Hall–Kier alpha value is -2.96. The molecule has 1 aliphatic carbocycles. The lowest BCUT2D eigenvalue weighted by molar-refractivity contribution is 0.0995. The predicted molar refractivity (Wildman–Crippen MR) is 144 cm³/mol. The number of aliphatic hydroxyl groups excluding tert-OH is 1. The van der Waals surface area contributed by atoms with Crippen molar-refractivity contribution in [3.05, 3.63) is 29.6 Å². The summed E-state index contributed by atoms with van der Waals surface area (Å²) in [5, 5.41) is 16.4. The minimum Gasteiger partial charge on any atom is -0.393 e. The topological polar surface area (TPSA) is 154 Å². The summed E-state index contributed by atoms with van der Waals surface area (Å²) in [6.07, 6.45) is 4.47. The highest BCUT2D eigenvalue weighted by Gasteiger charge is 2.24. The van der Waals surface area contributed by atoms with Crippen molar-refractivity contribution in [2.24, 2.45) is 5.73 Å². The largest absolute Gasteiger partial charge is 0.393 e. The number of nitrogens with two attached hydrogens (primary N) is 1. The van der Waals surface area contributed by atoms with Crippen LogP contribution in [0.2, 0.25) is 0 Å². The maximum Gasteiger partial charge on any atom is 0.271 e. The van der Waals surface area contributed by atoms with Gasteiger partial charge in [-0.15, -0.1) is 0 Å². The molecule has 1 aliphatic heterocycles. The Morgan fingerprint density at radius 2 is 1.76 bits per heavy atom. The molecule has 11 nitrogen and oxygen atoms in total. The van der Waals surface area contributed by atoms with Crippen LogP contribution in [0.1, 0.15) is 48.8 Å². The molecule has 0 unspecified atom stereocenters. The van der Waals surface area contributed by atoms with Crippen LogP contribution in [0.3, 0.4) is 0 Å². The number of carbonyl (C=O) groups excluding carboxylic acids is 1. The van der Waals surface area contributed by atoms with E-state index in [4.69, 9.17) is 10.7 Å². The zero-order valence-electron chi connectivity index (χ0n) is 21.7. The Labute approximate surface area is 218 Å². The summed E-state index contributed by atoms with van der Waals surface area (Å²) in [6, 6.07) is 5.20. The molecule has 37 heavy (non-hydrogen) atoms. The highest BCUT2D eigenvalue weighted by atomic mass is 32.2. The average molecular weight is 532 g/mol. The first-order chi connectivity index (χ1) is 17.5. The molecule has 202 valence electrons. The highest BCUT2D eigenvalue weighted by molar-refractivity contribution is 7.90. The SMILES string of the molecule is CCc1nc(C(N)=O)c(Nc2cc(N3CCN(C)CC3)cc(S(C)(=O)=O)c2)nc1NC1CCC(O)CC1. The van der Waals surface area contributed by atoms with Crippen molar-refractivity contribution in [1.29, 1.82) is 0 Å². The fourth-order valence-electron chi connectivity index (χ4n) is 4.76. The standard InChI is InChI=1S/C25H37N7O4S/c1-4-21-24(27-16-5-7-19(33)8-6-16)30-25(22(29-21)23(26)34)28-17-13-18(15-20(14-17)37(3,35)36)32-11-9-31(2)10-12-32/h13-16,19,33H,4-12H2,1-3H3,(H2,26,34)(H2,27,28,30). The van der Waals surface area contributed by atoms with Crippen LogP contribution in [-0.4, -0.2) is 85.9 Å². The molecule has 0 bridgehead atoms. The van der Waals surface area contributed by atoms with E-state index in [1.165, 1.54) is 12.3 Å². The van der Waals surface area contributed by atoms with E-state index in [9.17, 15) is 18.3 Å². The van der Waals surface area contributed by atoms with E-state index in [1.807, 2.05) is 13.0 Å². The van der Waals surface area contributed by atoms with Gasteiger partial charge in [0.2, 0.25) is 0 Å². The van der Waals surface area contributed by atoms with E-state index in [0.29, 0.717) is 36.5 Å². The van der Waals surface area contributed by atoms with Crippen LogP contribution < -0.4 is 21.3 Å². The minimum absolute atomic E-state index is 0.00706. The Kier molecular flexibility index (Phi) is 8.20. The second-order valence-electron chi connectivity index (χ2n) is 9.99. The zero-order valence-corrected chi connectivity index (χ0v) is 22.5. The molecule has 1 aromatic carbocycles. The van der Waals surface area contributed by atoms with Crippen LogP contribution in [0.25, 0.3) is 0 Å². The summed E-state index contributed by atoms with van der Waals surface area (Å²) in [5.41, 5.74) is 7.52. The molecule has 2 aromatic rings. The number of aliphatic hydroxyl groups is 1. The van der Waals surface area contributed by atoms with Gasteiger partial charge in [0, 0.05) is 49.9 Å². The predicted octanol–water partition coefficient (Wildman–Crippen LogP) is 1.75. The number of nitrogens with one attached hydrogen (secondary N) is 2. The quantitative estimate of drug-likeness (QED) is 0.396. The van der Waals surface area contributed by atoms with Crippen LogP contribution in [0.5, 0.6) is 0 Å². The van der Waals surface area contributed by atoms with E-state index >= 15 is 0 Å². The summed E-state index contributed by atoms with van der Waals surface area (Å²) in [5.74, 6) is -0.0106. The Morgan fingerprint density at radius 3 is 2.35 bits per heavy atom. The fraction of sp³-hybridized carbons (Fsp3) is 0.560. The number of rotatable bonds is 8. The summed E-state index contributed by atoms with van der Waals surface area (Å²) >= 11 is 0. The molecular formula is C25H37N7O4S. The molecule has 4 rings (SSSR count). The number of hydrogen-bond acceptors (Lipinski definition) is 10. The second-order valence-corrected chi connectivity index (χ2v) is 12.0. The van der Waals surface area contributed by atoms with Gasteiger partial charge in [-0.25, -0.2) is 18.4 Å². The van der Waals surface area contributed by atoms with Crippen molar-refractivity contribution in [2.45, 2.75) is 56.1 Å². The summed E-state index contributed by atoms with van der Waals surface area (Å²) in [7, 11) is -1.44. The monoisotopic (exact) mass is 531 g/mol. The number of benzene rings is 1. The van der Waals surface area contributed by atoms with Crippen LogP contribution >= 0.6 is 0 Å². The number of aryl methyl sites for hydroxylation is 1. The summed E-state index contributed by atoms with van der Waals surface area (Å²) in [4.78, 5) is 26.1. The van der Waals surface area contributed by atoms with Gasteiger partial charge in [-0.2, -0.15) is 0 Å². The normalized spacial score (nSPS) is 21.0. The molecule has 2 aliphatic rings. The summed E-state index contributed by atoms with van der Waals surface area (Å²) < 4.78 is 25.0. The first-order valence-electron chi connectivity index (χ1n) is 12.7. The number of nitrogens with zero attached hydrogens (tertiary/aromatic N) is 4. The van der Waals surface area contributed by atoms with Crippen LogP contribution in [0.4, 0.5) is 23.0 Å². The summed E-state index contributed by atoms with van der Waals surface area (Å²) in [6.45, 7) is 5.20. The van der Waals surface area contributed by atoms with Crippen molar-refractivity contribution in [2.75, 3.05) is 55.0 Å². The number of likely N-dealkylation sites (N-methyl/N-ethyl adjacent to an activating group) is 1. The van der Waals surface area contributed by atoms with Crippen molar-refractivity contribution in [1.82, 2.24) is 14.9 Å². The molecule has 2 fully saturated rings. The fourth-order valence-corrected chi connectivity index (χ4v) is 5.43. The molecular weight excluding hydrogens is 494 g/mol. The van der Waals surface area contributed by atoms with Crippen molar-refractivity contribution >= 4 is 38.8 Å². The number of piperazine rings is 1. The molecule has 2 heterocycles. The smallest absolute Gasteiger partial charge is 0.271 e. The van der Waals surface area contributed by atoms with Crippen molar-refractivity contribution in [3.63, 3.8) is 0 Å². The van der Waals surface area contributed by atoms with Gasteiger partial charge in [0.1, 0.15) is 5.82 Å². The number of anilines is 4. The van der Waals surface area contributed by atoms with E-state index < -0.39 is 15.7 Å². The first-order valence-corrected chi connectivity index (χ1v) is 14.6. The van der Waals surface area contributed by atoms with Gasteiger partial charge in [0.25, 0.3) is 5.91 Å². The molecule has 5 N–H and O–H groups in total. The van der Waals surface area contributed by atoms with Crippen LogP contribution in [-0.2, 0) is 16.3 Å². The zero-order chi connectivity index (χ0) is 26.7. The van der Waals surface area contributed by atoms with Gasteiger partial charge in [0.05, 0.1) is 16.7 Å². The maximum atomic E-state index is 12.5. The molecule has 1 aromatic heterocycles. The average Bonchev–Trinajstić information content (AvgIpc) is 2.85. The number of primary amides is 1. The first kappa shape index (κ1) is 27.1. The Bertz CT molecular complexity index is 1240. The molecule has 1 saturated heterocycles. The van der Waals surface area contributed by atoms with Gasteiger partial charge in [-0.3, -0.25) is 4.79 Å². The van der Waals surface area contributed by atoms with E-state index in [2.05, 4.69) is 32.5 Å². The number of aromatic nitrogens is 2. The van der Waals surface area contributed by atoms with Gasteiger partial charge in [-0.1, -0.05) is 6.92 Å². The minimum atomic E-state index is -3.50. The van der Waals surface area contributed by atoms with Crippen LogP contribution in [0, 0.1) is 0 Å². The van der Waals surface area contributed by atoms with E-state index in [-0.39, 0.29) is 28.6 Å². The van der Waals surface area contributed by atoms with Crippen molar-refractivity contribution < 1.29 is 18.3 Å². The van der Waals surface area contributed by atoms with E-state index in [0.717, 1.165) is 44.7 Å².